The van der Waals surface area contributed by atoms with Crippen molar-refractivity contribution in [3.05, 3.63) is 180 Å². The molecule has 1 aliphatic heterocycles. The fraction of sp³-hybridized carbons (Fsp3) is 0.0769. The molecule has 0 radical (unpaired) electrons. The molecule has 0 saturated carbocycles. The molecule has 6 aromatic carbocycles. The Bertz CT molecular complexity index is 2330. The molecule has 312 valence electrons. The summed E-state index contributed by atoms with van der Waals surface area (Å²) in [6, 6.07) is 33.8. The molecule has 1 unspecified atom stereocenters. The van der Waals surface area contributed by atoms with E-state index in [2.05, 4.69) is 0 Å². The Morgan fingerprint density at radius 1 is 0.433 bits per heavy atom. The Balaban J connectivity index is 1.53. The van der Waals surface area contributed by atoms with Gasteiger partial charge in [0.2, 0.25) is 0 Å². The molecule has 1 atom stereocenters. The van der Waals surface area contributed by atoms with Gasteiger partial charge in [-0.1, -0.05) is 0 Å². The Morgan fingerprint density at radius 2 is 0.783 bits per heavy atom. The van der Waals surface area contributed by atoms with E-state index in [4.69, 9.17) is 32.3 Å². The normalized spacial score (nSPS) is 17.7. The van der Waals surface area contributed by atoms with Gasteiger partial charge < -0.3 is 0 Å². The third-order valence-electron chi connectivity index (χ3n) is 7.90. The van der Waals surface area contributed by atoms with Gasteiger partial charge in [0, 0.05) is 0 Å². The van der Waals surface area contributed by atoms with Crippen LogP contribution in [0.25, 0.3) is 0 Å². The summed E-state index contributed by atoms with van der Waals surface area (Å²) < 4.78 is 159. The summed E-state index contributed by atoms with van der Waals surface area (Å²) in [7, 11) is -9.64. The summed E-state index contributed by atoms with van der Waals surface area (Å²) >= 11 is 0. The number of nitrogens with zero attached hydrogens (tertiary/aromatic N) is 3. The molecule has 0 bridgehead atoms. The number of benzene rings is 6. The zero-order valence-electron chi connectivity index (χ0n) is 30.1. The van der Waals surface area contributed by atoms with E-state index < -0.39 is 77.0 Å². The van der Waals surface area contributed by atoms with Crippen LogP contribution in [0.2, 0.25) is 0 Å². The van der Waals surface area contributed by atoms with Crippen LogP contribution in [-0.4, -0.2) is 9.21 Å². The number of hydrogen-bond donors (Lipinski definition) is 0. The minimum atomic E-state index is -6.02. The molecular formula is C39H27F9N3O6P3. The molecule has 7 rings (SSSR count). The second-order valence-electron chi connectivity index (χ2n) is 12.3. The number of hydrogen-bond acceptors (Lipinski definition) is 9. The van der Waals surface area contributed by atoms with E-state index in [9.17, 15) is 39.5 Å². The molecule has 6 aromatic rings. The summed E-state index contributed by atoms with van der Waals surface area (Å²) in [4.78, 5) is 12.3. The van der Waals surface area contributed by atoms with Crippen LogP contribution in [0.15, 0.2) is 168 Å². The van der Waals surface area contributed by atoms with E-state index in [1.165, 1.54) is 36.4 Å². The van der Waals surface area contributed by atoms with Gasteiger partial charge in [-0.3, -0.25) is 0 Å². The molecule has 0 amide bonds. The summed E-state index contributed by atoms with van der Waals surface area (Å²) in [6.07, 6.45) is -14.6. The van der Waals surface area contributed by atoms with Gasteiger partial charge in [-0.05, 0) is 0 Å². The first kappa shape index (κ1) is 42.5. The van der Waals surface area contributed by atoms with Gasteiger partial charge in [-0.15, -0.1) is 0 Å². The van der Waals surface area contributed by atoms with Gasteiger partial charge in [0.1, 0.15) is 0 Å². The number of alkyl halides is 9. The van der Waals surface area contributed by atoms with Crippen LogP contribution in [0.5, 0.6) is 34.5 Å². The van der Waals surface area contributed by atoms with E-state index in [0.717, 1.165) is 59.2 Å². The second kappa shape index (κ2) is 16.8. The molecule has 21 heteroatoms. The zero-order valence-corrected chi connectivity index (χ0v) is 32.8. The van der Waals surface area contributed by atoms with Gasteiger partial charge in [0.25, 0.3) is 0 Å². The van der Waals surface area contributed by atoms with E-state index >= 15 is 0 Å². The van der Waals surface area contributed by atoms with Crippen molar-refractivity contribution in [2.24, 2.45) is 4.52 Å². The quantitative estimate of drug-likeness (QED) is 0.0888. The Hall–Kier alpha value is -5.63. The molecule has 0 N–H and O–H groups in total. The summed E-state index contributed by atoms with van der Waals surface area (Å²) in [5.41, 5.74) is -3.47. The van der Waals surface area contributed by atoms with Crippen molar-refractivity contribution in [3.63, 3.8) is 0 Å². The first-order chi connectivity index (χ1) is 28.5. The van der Waals surface area contributed by atoms with Crippen LogP contribution in [0.4, 0.5) is 39.5 Å². The Kier molecular flexibility index (Phi) is 11.9. The van der Waals surface area contributed by atoms with Crippen LogP contribution < -0.4 is 27.8 Å². The van der Waals surface area contributed by atoms with Gasteiger partial charge in [-0.25, -0.2) is 0 Å². The molecular weight excluding hydrogens is 870 g/mol. The molecule has 1 aliphatic rings. The van der Waals surface area contributed by atoms with Crippen LogP contribution in [0.3, 0.4) is 0 Å². The molecule has 1 heterocycles. The minimum absolute atomic E-state index is 0.0140. The van der Waals surface area contributed by atoms with Crippen molar-refractivity contribution in [1.29, 1.82) is 0 Å². The molecule has 0 aromatic heterocycles. The third kappa shape index (κ3) is 9.70. The standard InChI is InChI=1S/C39H27F9N3O6P3/c40-37(41,42)28-13-10-22-34(25-28)52-50-58-49-60(55-31-16-4-1-5-17-31,56-32-18-6-2-7-19-32,57-33-20-8-3-9-21-33)51(53-35-23-11-14-29(26-35)38(43,44)45)59(50)54-36-24-12-15-30(27-36)39(46,47)48/h1-27H. The van der Waals surface area contributed by atoms with Crippen LogP contribution in [-0.2, 0) is 18.5 Å². The van der Waals surface area contributed by atoms with Crippen LogP contribution >= 0.6 is 24.6 Å². The zero-order chi connectivity index (χ0) is 42.6. The van der Waals surface area contributed by atoms with E-state index in [-0.39, 0.29) is 17.2 Å². The predicted molar refractivity (Wildman–Crippen MR) is 204 cm³/mol. The average Bonchev–Trinajstić information content (AvgIpc) is 3.21. The fourth-order valence-electron chi connectivity index (χ4n) is 5.26. The molecule has 0 aliphatic carbocycles. The predicted octanol–water partition coefficient (Wildman–Crippen LogP) is 14.4. The van der Waals surface area contributed by atoms with E-state index in [0.29, 0.717) is 22.8 Å². The monoisotopic (exact) mass is 897 g/mol. The second-order valence-corrected chi connectivity index (χ2v) is 18.1. The summed E-state index contributed by atoms with van der Waals surface area (Å²) in [6.45, 7) is 0. The molecule has 0 saturated heterocycles. The van der Waals surface area contributed by atoms with Crippen molar-refractivity contribution in [2.75, 3.05) is 0 Å². The van der Waals surface area contributed by atoms with Gasteiger partial charge in [0.15, 0.2) is 0 Å². The molecule has 0 spiro atoms. The number of halogens is 9. The van der Waals surface area contributed by atoms with E-state index in [1.54, 1.807) is 54.6 Å². The van der Waals surface area contributed by atoms with Crippen molar-refractivity contribution < 1.29 is 67.3 Å². The molecule has 0 fully saturated rings. The van der Waals surface area contributed by atoms with Crippen molar-refractivity contribution in [3.8, 4) is 34.5 Å². The first-order valence-corrected chi connectivity index (χ1v) is 21.0. The van der Waals surface area contributed by atoms with Crippen LogP contribution in [0.1, 0.15) is 16.7 Å². The summed E-state index contributed by atoms with van der Waals surface area (Å²) in [5.74, 6) is -1.55. The third-order valence-corrected chi connectivity index (χ3v) is 15.1. The SMILES string of the molecule is FC(F)(F)c1cccc(ON2P=NP(Oc3ccccc3)(Oc3ccccc3)(Oc3ccccc3)N(Oc3cccc(C(F)(F)F)c3)P2Oc2cccc(C(F)(F)F)c2)c1. The topological polar surface area (TPSA) is 74.2 Å². The summed E-state index contributed by atoms with van der Waals surface area (Å²) in [5, 5.41) is 0. The maximum absolute atomic E-state index is 14.2. The van der Waals surface area contributed by atoms with Crippen molar-refractivity contribution in [2.45, 2.75) is 18.5 Å². The Morgan fingerprint density at radius 3 is 1.18 bits per heavy atom. The number of para-hydroxylation sites is 3. The van der Waals surface area contributed by atoms with Crippen LogP contribution in [0, 0.1) is 0 Å². The van der Waals surface area contributed by atoms with Gasteiger partial charge in [0.05, 0.1) is 0 Å². The molecule has 9 nitrogen and oxygen atoms in total. The molecule has 60 heavy (non-hydrogen) atoms. The fourth-order valence-corrected chi connectivity index (χ4v) is 12.9. The van der Waals surface area contributed by atoms with Gasteiger partial charge >= 0.3 is 339 Å². The average molecular weight is 898 g/mol. The first-order valence-electron chi connectivity index (χ1n) is 17.2. The van der Waals surface area contributed by atoms with E-state index in [1.807, 2.05) is 0 Å². The Labute approximate surface area is 338 Å². The van der Waals surface area contributed by atoms with Crippen molar-refractivity contribution in [1.82, 2.24) is 9.21 Å². The maximum atomic E-state index is 14.2. The van der Waals surface area contributed by atoms with Crippen molar-refractivity contribution >= 4 is 24.6 Å². The number of rotatable bonds is 12. The van der Waals surface area contributed by atoms with Gasteiger partial charge in [-0.2, -0.15) is 0 Å².